The number of carbonyl (C=O) groups excluding carboxylic acids is 1. The van der Waals surface area contributed by atoms with Crippen LogP contribution in [0.15, 0.2) is 49.9 Å². The quantitative estimate of drug-likeness (QED) is 0.260. The van der Waals surface area contributed by atoms with Crippen molar-refractivity contribution in [1.82, 2.24) is 25.1 Å². The molecule has 1 fully saturated rings. The molecule has 4 heterocycles. The zero-order chi connectivity index (χ0) is 22.1. The van der Waals surface area contributed by atoms with Gasteiger partial charge in [-0.05, 0) is 49.7 Å². The zero-order valence-electron chi connectivity index (χ0n) is 17.7. The van der Waals surface area contributed by atoms with Crippen LogP contribution >= 0.6 is 34.9 Å². The van der Waals surface area contributed by atoms with Gasteiger partial charge in [0, 0.05) is 28.1 Å². The van der Waals surface area contributed by atoms with Crippen molar-refractivity contribution in [2.45, 2.75) is 54.1 Å². The van der Waals surface area contributed by atoms with Crippen LogP contribution in [0.4, 0.5) is 0 Å². The number of aromatic nitrogens is 4. The number of benzene rings is 1. The second kappa shape index (κ2) is 9.21. The number of rotatable bonds is 7. The summed E-state index contributed by atoms with van der Waals surface area (Å²) < 4.78 is 5.85. The Kier molecular flexibility index (Phi) is 6.16. The lowest BCUT2D eigenvalue weighted by atomic mass is 10.2. The second-order valence-corrected chi connectivity index (χ2v) is 10.7. The maximum Gasteiger partial charge on any atom is 0.283 e. The summed E-state index contributed by atoms with van der Waals surface area (Å²) in [5.74, 6) is 2.04. The number of nitrogens with zero attached hydrogens (tertiary/aromatic N) is 5. The van der Waals surface area contributed by atoms with E-state index < -0.39 is 0 Å². The topological polar surface area (TPSA) is 85.0 Å². The summed E-state index contributed by atoms with van der Waals surface area (Å²) in [7, 11) is 0. The Morgan fingerprint density at radius 2 is 2.00 bits per heavy atom. The van der Waals surface area contributed by atoms with Gasteiger partial charge in [-0.15, -0.1) is 33.3 Å². The number of carbonyl (C=O) groups is 1. The van der Waals surface area contributed by atoms with Crippen LogP contribution in [0.2, 0.25) is 0 Å². The van der Waals surface area contributed by atoms with Gasteiger partial charge >= 0.3 is 0 Å². The third-order valence-electron chi connectivity index (χ3n) is 5.28. The van der Waals surface area contributed by atoms with Gasteiger partial charge in [-0.3, -0.25) is 4.79 Å². The van der Waals surface area contributed by atoms with Gasteiger partial charge in [-0.25, -0.2) is 9.97 Å². The lowest BCUT2D eigenvalue weighted by Crippen LogP contribution is -2.23. The van der Waals surface area contributed by atoms with Crippen LogP contribution in [0.5, 0.6) is 0 Å². The van der Waals surface area contributed by atoms with Gasteiger partial charge in [-0.1, -0.05) is 18.2 Å². The summed E-state index contributed by atoms with van der Waals surface area (Å²) in [4.78, 5) is 26.7. The van der Waals surface area contributed by atoms with Gasteiger partial charge in [-0.2, -0.15) is 0 Å². The van der Waals surface area contributed by atoms with Gasteiger partial charge < -0.3 is 9.32 Å². The fourth-order valence-corrected chi connectivity index (χ4v) is 6.29. The maximum absolute atomic E-state index is 11.9. The van der Waals surface area contributed by atoms with Gasteiger partial charge in [0.05, 0.1) is 12.3 Å². The summed E-state index contributed by atoms with van der Waals surface area (Å²) in [6.07, 6.45) is 1.48. The first-order chi connectivity index (χ1) is 15.6. The van der Waals surface area contributed by atoms with Crippen molar-refractivity contribution in [3.8, 4) is 0 Å². The average Bonchev–Trinajstić information content (AvgIpc) is 3.48. The van der Waals surface area contributed by atoms with Crippen molar-refractivity contribution >= 4 is 51.0 Å². The van der Waals surface area contributed by atoms with Crippen molar-refractivity contribution in [2.24, 2.45) is 0 Å². The Morgan fingerprint density at radius 1 is 1.16 bits per heavy atom. The first-order valence-electron chi connectivity index (χ1n) is 10.3. The second-order valence-electron chi connectivity index (χ2n) is 7.49. The number of thioether (sulfide) groups is 1. The van der Waals surface area contributed by atoms with E-state index in [-0.39, 0.29) is 5.91 Å². The normalized spacial score (nSPS) is 14.1. The summed E-state index contributed by atoms with van der Waals surface area (Å²) in [6, 6.07) is 10.2. The van der Waals surface area contributed by atoms with E-state index in [2.05, 4.69) is 36.2 Å². The fraction of sp³-hybridized carbons (Fsp3) is 0.318. The molecule has 3 aromatic heterocycles. The zero-order valence-corrected chi connectivity index (χ0v) is 20.1. The van der Waals surface area contributed by atoms with E-state index in [1.165, 1.54) is 27.1 Å². The Labute approximate surface area is 198 Å². The van der Waals surface area contributed by atoms with Gasteiger partial charge in [0.1, 0.15) is 15.7 Å². The van der Waals surface area contributed by atoms with Gasteiger partial charge in [0.15, 0.2) is 0 Å². The number of aryl methyl sites for hydroxylation is 2. The highest BCUT2D eigenvalue weighted by Gasteiger charge is 2.23. The van der Waals surface area contributed by atoms with Gasteiger partial charge in [0.25, 0.3) is 5.22 Å². The molecule has 0 spiro atoms. The predicted molar refractivity (Wildman–Crippen MR) is 126 cm³/mol. The van der Waals surface area contributed by atoms with E-state index in [0.29, 0.717) is 29.8 Å². The minimum absolute atomic E-state index is 0.139. The van der Waals surface area contributed by atoms with Crippen LogP contribution in [0.25, 0.3) is 10.2 Å². The van der Waals surface area contributed by atoms with Crippen LogP contribution in [0, 0.1) is 13.8 Å². The molecule has 1 aromatic carbocycles. The van der Waals surface area contributed by atoms with Crippen molar-refractivity contribution in [2.75, 3.05) is 6.54 Å². The minimum Gasteiger partial charge on any atom is -0.414 e. The average molecular weight is 484 g/mol. The van der Waals surface area contributed by atoms with E-state index in [9.17, 15) is 4.79 Å². The van der Waals surface area contributed by atoms with Crippen molar-refractivity contribution in [1.29, 1.82) is 0 Å². The Bertz CT molecular complexity index is 1270. The molecule has 164 valence electrons. The number of likely N-dealkylation sites (tertiary alicyclic amines) is 1. The lowest BCUT2D eigenvalue weighted by Gasteiger charge is -2.11. The predicted octanol–water partition coefficient (Wildman–Crippen LogP) is 5.26. The molecule has 0 atom stereocenters. The van der Waals surface area contributed by atoms with Gasteiger partial charge in [0.2, 0.25) is 11.8 Å². The molecule has 0 N–H and O–H groups in total. The molecule has 4 aromatic rings. The molecule has 1 saturated heterocycles. The molecule has 10 heteroatoms. The first-order valence-corrected chi connectivity index (χ1v) is 12.9. The van der Waals surface area contributed by atoms with E-state index in [1.807, 2.05) is 18.2 Å². The van der Waals surface area contributed by atoms with Crippen LogP contribution in [0.1, 0.15) is 35.0 Å². The molecule has 0 unspecified atom stereocenters. The van der Waals surface area contributed by atoms with Crippen LogP contribution in [0.3, 0.4) is 0 Å². The molecular weight excluding hydrogens is 462 g/mol. The highest BCUT2D eigenvalue weighted by molar-refractivity contribution is 7.99. The summed E-state index contributed by atoms with van der Waals surface area (Å²) in [5.41, 5.74) is 1.18. The van der Waals surface area contributed by atoms with Crippen LogP contribution in [-0.4, -0.2) is 37.5 Å². The van der Waals surface area contributed by atoms with E-state index >= 15 is 0 Å². The molecule has 0 saturated carbocycles. The third kappa shape index (κ3) is 4.53. The molecular formula is C22H21N5O2S3. The standard InChI is InChI=1S/C22H21N5O2S3/c1-13-14(2)31-20-19(13)21(24-16(23-20)12-30-15-7-4-3-5-8-15)32-22-26-25-17(29-22)11-27-10-6-9-18(27)28/h3-5,7-8H,6,9-12H2,1-2H3. The van der Waals surface area contributed by atoms with E-state index in [1.54, 1.807) is 28.0 Å². The smallest absolute Gasteiger partial charge is 0.283 e. The highest BCUT2D eigenvalue weighted by Crippen LogP contribution is 2.38. The number of hydrogen-bond acceptors (Lipinski definition) is 9. The molecule has 5 rings (SSSR count). The fourth-order valence-electron chi connectivity index (χ4n) is 3.52. The molecule has 32 heavy (non-hydrogen) atoms. The Morgan fingerprint density at radius 3 is 2.78 bits per heavy atom. The molecule has 7 nitrogen and oxygen atoms in total. The SMILES string of the molecule is Cc1sc2nc(CSc3ccccc3)nc(Sc3nnc(CN4CCCC4=O)o3)c2c1C. The number of hydrogen-bond donors (Lipinski definition) is 0. The first kappa shape index (κ1) is 21.4. The molecule has 0 bridgehead atoms. The van der Waals surface area contributed by atoms with Crippen molar-refractivity contribution < 1.29 is 9.21 Å². The lowest BCUT2D eigenvalue weighted by molar-refractivity contribution is -0.128. The monoisotopic (exact) mass is 483 g/mol. The highest BCUT2D eigenvalue weighted by atomic mass is 32.2. The molecule has 1 aliphatic heterocycles. The van der Waals surface area contributed by atoms with E-state index in [0.717, 1.165) is 34.0 Å². The Balaban J connectivity index is 1.40. The van der Waals surface area contributed by atoms with Crippen LogP contribution < -0.4 is 0 Å². The van der Waals surface area contributed by atoms with Crippen LogP contribution in [-0.2, 0) is 17.1 Å². The largest absolute Gasteiger partial charge is 0.414 e. The van der Waals surface area contributed by atoms with Crippen molar-refractivity contribution in [3.63, 3.8) is 0 Å². The molecule has 0 radical (unpaired) electrons. The summed E-state index contributed by atoms with van der Waals surface area (Å²) >= 11 is 4.76. The van der Waals surface area contributed by atoms with E-state index in [4.69, 9.17) is 14.4 Å². The summed E-state index contributed by atoms with van der Waals surface area (Å²) in [5, 5.41) is 10.6. The third-order valence-corrected chi connectivity index (χ3v) is 8.22. The Hall–Kier alpha value is -2.43. The molecule has 1 aliphatic rings. The van der Waals surface area contributed by atoms with Crippen molar-refractivity contribution in [3.05, 3.63) is 52.5 Å². The number of amides is 1. The maximum atomic E-state index is 11.9. The summed E-state index contributed by atoms with van der Waals surface area (Å²) in [6.45, 7) is 5.30. The number of thiophene rings is 1. The molecule has 0 aliphatic carbocycles. The minimum atomic E-state index is 0.139. The number of fused-ring (bicyclic) bond motifs is 1. The molecule has 1 amide bonds.